The number of ether oxygens (including phenoxy) is 1. The fraction of sp³-hybridized carbons (Fsp3) is 0.579. The van der Waals surface area contributed by atoms with Gasteiger partial charge in [-0.25, -0.2) is 19.7 Å². The number of hydrogen-bond acceptors (Lipinski definition) is 6. The first-order valence-corrected chi connectivity index (χ1v) is 9.89. The highest BCUT2D eigenvalue weighted by Crippen LogP contribution is 2.25. The van der Waals surface area contributed by atoms with Crippen molar-refractivity contribution in [2.75, 3.05) is 13.1 Å². The molecule has 0 aromatic carbocycles. The Hall–Kier alpha value is -2.02. The number of amides is 1. The maximum Gasteiger partial charge on any atom is 0.410 e. The molecule has 0 aliphatic carbocycles. The summed E-state index contributed by atoms with van der Waals surface area (Å²) in [6, 6.07) is 2.02. The molecule has 0 radical (unpaired) electrons. The number of carbonyl (C=O) groups excluding carboxylic acids is 1. The molecular weight excluding hydrogens is 348 g/mol. The van der Waals surface area contributed by atoms with Crippen LogP contribution in [0.2, 0.25) is 0 Å². The van der Waals surface area contributed by atoms with Crippen LogP contribution in [0.15, 0.2) is 17.8 Å². The van der Waals surface area contributed by atoms with Crippen LogP contribution in [-0.2, 0) is 11.2 Å². The molecule has 2 aromatic rings. The summed E-state index contributed by atoms with van der Waals surface area (Å²) in [6.45, 7) is 9.15. The second-order valence-electron chi connectivity index (χ2n) is 7.83. The Morgan fingerprint density at radius 2 is 2.19 bits per heavy atom. The van der Waals surface area contributed by atoms with E-state index in [1.165, 1.54) is 0 Å². The molecule has 1 amide bonds. The van der Waals surface area contributed by atoms with Crippen molar-refractivity contribution in [3.63, 3.8) is 0 Å². The van der Waals surface area contributed by atoms with Gasteiger partial charge in [-0.2, -0.15) is 0 Å². The Kier molecular flexibility index (Phi) is 5.55. The predicted octanol–water partition coefficient (Wildman–Crippen LogP) is 4.10. The van der Waals surface area contributed by atoms with E-state index in [9.17, 15) is 4.79 Å². The van der Waals surface area contributed by atoms with Crippen LogP contribution < -0.4 is 0 Å². The van der Waals surface area contributed by atoms with Crippen LogP contribution >= 0.6 is 11.3 Å². The third kappa shape index (κ3) is 5.00. The Morgan fingerprint density at radius 3 is 2.88 bits per heavy atom. The lowest BCUT2D eigenvalue weighted by Gasteiger charge is -2.34. The summed E-state index contributed by atoms with van der Waals surface area (Å²) in [7, 11) is 0. The average molecular weight is 375 g/mol. The summed E-state index contributed by atoms with van der Waals surface area (Å²) < 4.78 is 5.51. The third-order valence-electron chi connectivity index (χ3n) is 4.23. The van der Waals surface area contributed by atoms with Gasteiger partial charge in [-0.15, -0.1) is 11.3 Å². The van der Waals surface area contributed by atoms with Crippen molar-refractivity contribution in [2.24, 2.45) is 5.92 Å². The number of aryl methyl sites for hydroxylation is 1. The molecule has 2 aromatic heterocycles. The van der Waals surface area contributed by atoms with Crippen LogP contribution in [0.4, 0.5) is 4.79 Å². The van der Waals surface area contributed by atoms with Crippen molar-refractivity contribution in [3.05, 3.63) is 29.2 Å². The molecule has 1 unspecified atom stereocenters. The third-order valence-corrected chi connectivity index (χ3v) is 5.21. The van der Waals surface area contributed by atoms with Crippen molar-refractivity contribution in [2.45, 2.75) is 52.6 Å². The van der Waals surface area contributed by atoms with Crippen LogP contribution in [-0.4, -0.2) is 44.6 Å². The van der Waals surface area contributed by atoms with Gasteiger partial charge >= 0.3 is 6.09 Å². The Balaban J connectivity index is 1.64. The van der Waals surface area contributed by atoms with Crippen LogP contribution in [0.5, 0.6) is 0 Å². The molecule has 7 heteroatoms. The fourth-order valence-electron chi connectivity index (χ4n) is 3.12. The zero-order valence-corrected chi connectivity index (χ0v) is 16.7. The maximum absolute atomic E-state index is 12.3. The topological polar surface area (TPSA) is 68.2 Å². The van der Waals surface area contributed by atoms with Crippen molar-refractivity contribution >= 4 is 17.4 Å². The van der Waals surface area contributed by atoms with E-state index >= 15 is 0 Å². The minimum Gasteiger partial charge on any atom is -0.444 e. The van der Waals surface area contributed by atoms with E-state index in [0.717, 1.165) is 47.9 Å². The minimum atomic E-state index is -0.461. The highest BCUT2D eigenvalue weighted by Gasteiger charge is 2.28. The van der Waals surface area contributed by atoms with Gasteiger partial charge in [-0.1, -0.05) is 0 Å². The van der Waals surface area contributed by atoms with Crippen molar-refractivity contribution < 1.29 is 9.53 Å². The lowest BCUT2D eigenvalue weighted by atomic mass is 9.93. The van der Waals surface area contributed by atoms with Crippen molar-refractivity contribution in [1.29, 1.82) is 0 Å². The summed E-state index contributed by atoms with van der Waals surface area (Å²) in [6.07, 6.45) is 4.31. The first-order valence-electron chi connectivity index (χ1n) is 9.01. The SMILES string of the molecule is Cc1csc(-c2cc(CC3CCCN(C(=O)OC(C)(C)C)C3)ncn2)n1. The number of thiazole rings is 1. The van der Waals surface area contributed by atoms with E-state index in [2.05, 4.69) is 15.0 Å². The average Bonchev–Trinajstić information content (AvgIpc) is 3.00. The Bertz CT molecular complexity index is 769. The smallest absolute Gasteiger partial charge is 0.410 e. The van der Waals surface area contributed by atoms with E-state index < -0.39 is 5.60 Å². The molecule has 140 valence electrons. The van der Waals surface area contributed by atoms with Crippen LogP contribution in [0.3, 0.4) is 0 Å². The molecule has 1 atom stereocenters. The second kappa shape index (κ2) is 7.70. The van der Waals surface area contributed by atoms with Gasteiger partial charge in [0.05, 0.1) is 0 Å². The number of piperidine rings is 1. The summed E-state index contributed by atoms with van der Waals surface area (Å²) in [4.78, 5) is 27.4. The van der Waals surface area contributed by atoms with E-state index in [1.807, 2.05) is 44.0 Å². The fourth-order valence-corrected chi connectivity index (χ4v) is 3.88. The Morgan fingerprint density at radius 1 is 1.38 bits per heavy atom. The van der Waals surface area contributed by atoms with Crippen LogP contribution in [0.1, 0.15) is 45.0 Å². The highest BCUT2D eigenvalue weighted by atomic mass is 32.1. The van der Waals surface area contributed by atoms with Gasteiger partial charge in [0.15, 0.2) is 0 Å². The zero-order chi connectivity index (χ0) is 18.7. The van der Waals surface area contributed by atoms with E-state index in [-0.39, 0.29) is 6.09 Å². The van der Waals surface area contributed by atoms with E-state index in [0.29, 0.717) is 12.5 Å². The van der Waals surface area contributed by atoms with Gasteiger partial charge in [-0.3, -0.25) is 0 Å². The van der Waals surface area contributed by atoms with Gasteiger partial charge in [0, 0.05) is 29.9 Å². The highest BCUT2D eigenvalue weighted by molar-refractivity contribution is 7.13. The number of aromatic nitrogens is 3. The quantitative estimate of drug-likeness (QED) is 0.809. The first-order chi connectivity index (χ1) is 12.3. The molecule has 1 aliphatic heterocycles. The second-order valence-corrected chi connectivity index (χ2v) is 8.69. The maximum atomic E-state index is 12.3. The molecule has 3 heterocycles. The number of hydrogen-bond donors (Lipinski definition) is 0. The van der Waals surface area contributed by atoms with Crippen LogP contribution in [0, 0.1) is 12.8 Å². The largest absolute Gasteiger partial charge is 0.444 e. The Labute approximate surface area is 158 Å². The standard InChI is InChI=1S/C19H26N4O2S/c1-13-11-26-17(22-13)16-9-15(20-12-21-16)8-14-6-5-7-23(10-14)18(24)25-19(2,3)4/h9,11-12,14H,5-8,10H2,1-4H3. The number of rotatable bonds is 3. The van der Waals surface area contributed by atoms with Crippen molar-refractivity contribution in [1.82, 2.24) is 19.9 Å². The summed E-state index contributed by atoms with van der Waals surface area (Å²) >= 11 is 1.60. The summed E-state index contributed by atoms with van der Waals surface area (Å²) in [5.74, 6) is 0.386. The molecule has 3 rings (SSSR count). The number of carbonyl (C=O) groups is 1. The first kappa shape index (κ1) is 18.8. The van der Waals surface area contributed by atoms with E-state index in [4.69, 9.17) is 4.74 Å². The lowest BCUT2D eigenvalue weighted by Crippen LogP contribution is -2.43. The zero-order valence-electron chi connectivity index (χ0n) is 15.9. The summed E-state index contributed by atoms with van der Waals surface area (Å²) in [5, 5.41) is 2.95. The molecule has 1 aliphatic rings. The van der Waals surface area contributed by atoms with Gasteiger partial charge in [0.2, 0.25) is 0 Å². The van der Waals surface area contributed by atoms with E-state index in [1.54, 1.807) is 17.7 Å². The molecule has 6 nitrogen and oxygen atoms in total. The van der Waals surface area contributed by atoms with Crippen molar-refractivity contribution in [3.8, 4) is 10.7 Å². The molecular formula is C19H26N4O2S. The molecule has 0 N–H and O–H groups in total. The van der Waals surface area contributed by atoms with Gasteiger partial charge < -0.3 is 9.64 Å². The molecule has 1 fully saturated rings. The van der Waals surface area contributed by atoms with Gasteiger partial charge in [0.1, 0.15) is 22.6 Å². The molecule has 26 heavy (non-hydrogen) atoms. The molecule has 1 saturated heterocycles. The monoisotopic (exact) mass is 374 g/mol. The number of nitrogens with zero attached hydrogens (tertiary/aromatic N) is 4. The van der Waals surface area contributed by atoms with Crippen LogP contribution in [0.25, 0.3) is 10.7 Å². The molecule has 0 saturated carbocycles. The molecule has 0 spiro atoms. The number of likely N-dealkylation sites (tertiary alicyclic amines) is 1. The van der Waals surface area contributed by atoms with Gasteiger partial charge in [-0.05, 0) is 58.9 Å². The molecule has 0 bridgehead atoms. The lowest BCUT2D eigenvalue weighted by molar-refractivity contribution is 0.0165. The predicted molar refractivity (Wildman–Crippen MR) is 102 cm³/mol. The minimum absolute atomic E-state index is 0.219. The normalized spacial score (nSPS) is 18.0. The summed E-state index contributed by atoms with van der Waals surface area (Å²) in [5.41, 5.74) is 2.41. The van der Waals surface area contributed by atoms with Gasteiger partial charge in [0.25, 0.3) is 0 Å².